The van der Waals surface area contributed by atoms with Gasteiger partial charge in [-0.05, 0) is 36.1 Å². The van der Waals surface area contributed by atoms with Crippen molar-refractivity contribution in [3.8, 4) is 0 Å². The number of amides is 1. The molecule has 0 saturated carbocycles. The van der Waals surface area contributed by atoms with Gasteiger partial charge in [-0.25, -0.2) is 9.78 Å². The Morgan fingerprint density at radius 1 is 1.33 bits per heavy atom. The highest BCUT2D eigenvalue weighted by atomic mass is 35.5. The highest BCUT2D eigenvalue weighted by Gasteiger charge is 2.17. The number of thioether (sulfide) groups is 1. The van der Waals surface area contributed by atoms with Gasteiger partial charge in [0.05, 0.1) is 29.6 Å². The first-order valence-corrected chi connectivity index (χ1v) is 11.5. The van der Waals surface area contributed by atoms with Crippen LogP contribution in [-0.2, 0) is 16.1 Å². The smallest absolute Gasteiger partial charge is 0.339 e. The number of nitrogens with one attached hydrogen (secondary N) is 1. The molecule has 0 aliphatic heterocycles. The molecule has 1 amide bonds. The number of ether oxygens (including phenoxy) is 1. The highest BCUT2D eigenvalue weighted by Crippen LogP contribution is 2.24. The zero-order valence-corrected chi connectivity index (χ0v) is 18.8. The van der Waals surface area contributed by atoms with E-state index in [2.05, 4.69) is 10.3 Å². The number of anilines is 1. The lowest BCUT2D eigenvalue weighted by molar-refractivity contribution is -0.113. The number of rotatable bonds is 8. The maximum atomic E-state index is 12.8. The number of esters is 1. The van der Waals surface area contributed by atoms with Crippen molar-refractivity contribution in [1.29, 1.82) is 0 Å². The monoisotopic (exact) mass is 465 g/mol. The third kappa shape index (κ3) is 5.03. The summed E-state index contributed by atoms with van der Waals surface area (Å²) in [6, 6.07) is 6.32. The van der Waals surface area contributed by atoms with Crippen LogP contribution in [-0.4, -0.2) is 34.3 Å². The Morgan fingerprint density at radius 2 is 2.13 bits per heavy atom. The van der Waals surface area contributed by atoms with Crippen molar-refractivity contribution in [3.63, 3.8) is 0 Å². The molecular weight excluding hydrogens is 446 g/mol. The second-order valence-corrected chi connectivity index (χ2v) is 8.65. The first-order chi connectivity index (χ1) is 14.4. The lowest BCUT2D eigenvalue weighted by Crippen LogP contribution is -2.24. The summed E-state index contributed by atoms with van der Waals surface area (Å²) in [5.74, 6) is -0.914. The second-order valence-electron chi connectivity index (χ2n) is 6.36. The summed E-state index contributed by atoms with van der Waals surface area (Å²) in [5.41, 5.74) is 1.01. The van der Waals surface area contributed by atoms with Crippen LogP contribution in [0.1, 0.15) is 30.1 Å². The summed E-state index contributed by atoms with van der Waals surface area (Å²) in [6.07, 6.45) is 1.77. The van der Waals surface area contributed by atoms with Crippen LogP contribution in [0.5, 0.6) is 0 Å². The van der Waals surface area contributed by atoms with Gasteiger partial charge in [-0.15, -0.1) is 11.3 Å². The van der Waals surface area contributed by atoms with Gasteiger partial charge in [0, 0.05) is 11.6 Å². The van der Waals surface area contributed by atoms with Gasteiger partial charge < -0.3 is 10.1 Å². The molecule has 2 aromatic heterocycles. The van der Waals surface area contributed by atoms with E-state index in [0.29, 0.717) is 26.9 Å². The average molecular weight is 466 g/mol. The van der Waals surface area contributed by atoms with E-state index in [1.165, 1.54) is 42.3 Å². The van der Waals surface area contributed by atoms with E-state index < -0.39 is 5.97 Å². The second kappa shape index (κ2) is 10.1. The zero-order chi connectivity index (χ0) is 21.7. The molecule has 0 fully saturated rings. The Morgan fingerprint density at radius 3 is 2.87 bits per heavy atom. The van der Waals surface area contributed by atoms with E-state index in [0.717, 1.165) is 12.8 Å². The molecular formula is C20H20ClN3O4S2. The molecule has 0 unspecified atom stereocenters. The van der Waals surface area contributed by atoms with Gasteiger partial charge in [0.25, 0.3) is 5.56 Å². The molecule has 2 heterocycles. The largest absolute Gasteiger partial charge is 0.465 e. The molecule has 158 valence electrons. The maximum Gasteiger partial charge on any atom is 0.339 e. The van der Waals surface area contributed by atoms with Crippen LogP contribution in [0.2, 0.25) is 5.02 Å². The number of aromatic nitrogens is 2. The number of nitrogens with zero attached hydrogens (tertiary/aromatic N) is 2. The zero-order valence-electron chi connectivity index (χ0n) is 16.4. The van der Waals surface area contributed by atoms with Crippen LogP contribution in [0.4, 0.5) is 5.69 Å². The molecule has 0 saturated heterocycles. The number of hydrogen-bond acceptors (Lipinski definition) is 7. The summed E-state index contributed by atoms with van der Waals surface area (Å²) in [5, 5.41) is 5.39. The van der Waals surface area contributed by atoms with Crippen LogP contribution >= 0.6 is 34.7 Å². The molecule has 0 atom stereocenters. The van der Waals surface area contributed by atoms with Crippen LogP contribution in [0.15, 0.2) is 39.6 Å². The fourth-order valence-electron chi connectivity index (χ4n) is 2.77. The number of unbranched alkanes of at least 4 members (excludes halogenated alkanes) is 1. The number of halogens is 1. The van der Waals surface area contributed by atoms with Crippen molar-refractivity contribution in [2.24, 2.45) is 0 Å². The molecule has 0 aliphatic carbocycles. The number of carbonyl (C=O) groups excluding carboxylic acids is 2. The molecule has 0 radical (unpaired) electrons. The van der Waals surface area contributed by atoms with Gasteiger partial charge >= 0.3 is 5.97 Å². The fourth-order valence-corrected chi connectivity index (χ4v) is 4.55. The molecule has 3 rings (SSSR count). The Hall–Kier alpha value is -2.36. The van der Waals surface area contributed by atoms with Crippen LogP contribution in [0.3, 0.4) is 0 Å². The van der Waals surface area contributed by atoms with E-state index in [4.69, 9.17) is 16.3 Å². The number of benzene rings is 1. The number of carbonyl (C=O) groups is 2. The van der Waals surface area contributed by atoms with Gasteiger partial charge in [0.1, 0.15) is 4.70 Å². The first-order valence-electron chi connectivity index (χ1n) is 9.23. The van der Waals surface area contributed by atoms with Gasteiger partial charge in [-0.1, -0.05) is 36.7 Å². The minimum absolute atomic E-state index is 0.0152. The van der Waals surface area contributed by atoms with Crippen LogP contribution < -0.4 is 10.9 Å². The van der Waals surface area contributed by atoms with Crippen molar-refractivity contribution < 1.29 is 14.3 Å². The average Bonchev–Trinajstić information content (AvgIpc) is 3.20. The molecule has 10 heteroatoms. The molecule has 30 heavy (non-hydrogen) atoms. The standard InChI is InChI=1S/C20H20ClN3O4S2/c1-3-4-8-24-18(26)17-14(7-9-29-17)23-20(24)30-11-16(25)22-15-10-12(21)5-6-13(15)19(27)28-2/h5-7,9-10H,3-4,8,11H2,1-2H3,(H,22,25). The minimum atomic E-state index is -0.576. The minimum Gasteiger partial charge on any atom is -0.465 e. The maximum absolute atomic E-state index is 12.8. The predicted octanol–water partition coefficient (Wildman–Crippen LogP) is 4.43. The normalized spacial score (nSPS) is 10.9. The van der Waals surface area contributed by atoms with Gasteiger partial charge in [-0.2, -0.15) is 0 Å². The first kappa shape index (κ1) is 22.3. The molecule has 1 N–H and O–H groups in total. The SMILES string of the molecule is CCCCn1c(SCC(=O)Nc2cc(Cl)ccc2C(=O)OC)nc2ccsc2c1=O. The van der Waals surface area contributed by atoms with Crippen molar-refractivity contribution in [2.75, 3.05) is 18.2 Å². The van der Waals surface area contributed by atoms with E-state index in [1.54, 1.807) is 16.7 Å². The predicted molar refractivity (Wildman–Crippen MR) is 121 cm³/mol. The highest BCUT2D eigenvalue weighted by molar-refractivity contribution is 7.99. The topological polar surface area (TPSA) is 90.3 Å². The van der Waals surface area contributed by atoms with E-state index in [9.17, 15) is 14.4 Å². The number of fused-ring (bicyclic) bond motifs is 1. The molecule has 0 spiro atoms. The summed E-state index contributed by atoms with van der Waals surface area (Å²) >= 11 is 8.54. The van der Waals surface area contributed by atoms with E-state index in [-0.39, 0.29) is 28.5 Å². The molecule has 7 nitrogen and oxygen atoms in total. The third-order valence-electron chi connectivity index (χ3n) is 4.26. The lowest BCUT2D eigenvalue weighted by atomic mass is 10.2. The summed E-state index contributed by atoms with van der Waals surface area (Å²) in [7, 11) is 1.26. The Kier molecular flexibility index (Phi) is 7.52. The number of hydrogen-bond donors (Lipinski definition) is 1. The van der Waals surface area contributed by atoms with Gasteiger partial charge in [0.15, 0.2) is 5.16 Å². The number of thiophene rings is 1. The molecule has 0 bridgehead atoms. The molecule has 0 aliphatic rings. The van der Waals surface area contributed by atoms with E-state index >= 15 is 0 Å². The Labute approximate surface area is 186 Å². The quantitative estimate of drug-likeness (QED) is 0.300. The van der Waals surface area contributed by atoms with Crippen molar-refractivity contribution in [3.05, 3.63) is 50.6 Å². The summed E-state index contributed by atoms with van der Waals surface area (Å²) < 4.78 is 6.98. The van der Waals surface area contributed by atoms with Gasteiger partial charge in [0.2, 0.25) is 5.91 Å². The lowest BCUT2D eigenvalue weighted by Gasteiger charge is -2.12. The van der Waals surface area contributed by atoms with Crippen molar-refractivity contribution in [1.82, 2.24) is 9.55 Å². The van der Waals surface area contributed by atoms with Crippen LogP contribution in [0.25, 0.3) is 10.2 Å². The van der Waals surface area contributed by atoms with Crippen LogP contribution in [0, 0.1) is 0 Å². The Bertz CT molecular complexity index is 1140. The van der Waals surface area contributed by atoms with Gasteiger partial charge in [-0.3, -0.25) is 14.2 Å². The summed E-state index contributed by atoms with van der Waals surface area (Å²) in [4.78, 5) is 41.8. The van der Waals surface area contributed by atoms with E-state index in [1.807, 2.05) is 12.3 Å². The van der Waals surface area contributed by atoms with Crippen molar-refractivity contribution in [2.45, 2.75) is 31.5 Å². The molecule has 3 aromatic rings. The Balaban J connectivity index is 1.80. The van der Waals surface area contributed by atoms with Crippen molar-refractivity contribution >= 4 is 62.5 Å². The summed E-state index contributed by atoms with van der Waals surface area (Å²) in [6.45, 7) is 2.59. The number of methoxy groups -OCH3 is 1. The fraction of sp³-hybridized carbons (Fsp3) is 0.300. The molecule has 1 aromatic carbocycles. The third-order valence-corrected chi connectivity index (χ3v) is 6.36.